The van der Waals surface area contributed by atoms with E-state index in [1.54, 1.807) is 5.38 Å². The Bertz CT molecular complexity index is 570. The summed E-state index contributed by atoms with van der Waals surface area (Å²) in [6.07, 6.45) is 0. The molecule has 2 rings (SSSR count). The Morgan fingerprint density at radius 1 is 1.38 bits per heavy atom. The first-order valence-electron chi connectivity index (χ1n) is 6.84. The van der Waals surface area contributed by atoms with Gasteiger partial charge in [0.2, 0.25) is 0 Å². The predicted octanol–water partition coefficient (Wildman–Crippen LogP) is 1.46. The van der Waals surface area contributed by atoms with Gasteiger partial charge in [-0.2, -0.15) is 0 Å². The van der Waals surface area contributed by atoms with Crippen molar-refractivity contribution in [2.24, 2.45) is 5.73 Å². The lowest BCUT2D eigenvalue weighted by atomic mass is 10.2. The number of thiazole rings is 1. The van der Waals surface area contributed by atoms with Gasteiger partial charge in [-0.05, 0) is 12.6 Å². The van der Waals surface area contributed by atoms with Gasteiger partial charge in [0, 0.05) is 31.6 Å². The second-order valence-electron chi connectivity index (χ2n) is 4.81. The van der Waals surface area contributed by atoms with Crippen LogP contribution in [-0.2, 0) is 13.1 Å². The highest BCUT2D eigenvalue weighted by Gasteiger charge is 2.09. The SMILES string of the molecule is CN(CCNC(=O)c1csc(CN)n1)Cc1ccccc1. The molecule has 0 aliphatic rings. The van der Waals surface area contributed by atoms with Crippen molar-refractivity contribution < 1.29 is 4.79 Å². The maximum Gasteiger partial charge on any atom is 0.270 e. The average Bonchev–Trinajstić information content (AvgIpc) is 2.97. The van der Waals surface area contributed by atoms with Gasteiger partial charge in [-0.3, -0.25) is 4.79 Å². The number of likely N-dealkylation sites (N-methyl/N-ethyl adjacent to an activating group) is 1. The van der Waals surface area contributed by atoms with Gasteiger partial charge in [0.15, 0.2) is 0 Å². The van der Waals surface area contributed by atoms with Crippen LogP contribution in [0.2, 0.25) is 0 Å². The van der Waals surface area contributed by atoms with Gasteiger partial charge in [0.05, 0.1) is 0 Å². The molecule has 1 aromatic carbocycles. The van der Waals surface area contributed by atoms with Crippen LogP contribution >= 0.6 is 11.3 Å². The fourth-order valence-corrected chi connectivity index (χ4v) is 2.59. The lowest BCUT2D eigenvalue weighted by Gasteiger charge is -2.16. The highest BCUT2D eigenvalue weighted by molar-refractivity contribution is 7.09. The maximum atomic E-state index is 11.9. The molecule has 0 aliphatic carbocycles. The molecule has 3 N–H and O–H groups in total. The summed E-state index contributed by atoms with van der Waals surface area (Å²) < 4.78 is 0. The number of hydrogen-bond donors (Lipinski definition) is 2. The largest absolute Gasteiger partial charge is 0.349 e. The molecule has 1 heterocycles. The first-order chi connectivity index (χ1) is 10.2. The summed E-state index contributed by atoms with van der Waals surface area (Å²) in [4.78, 5) is 18.2. The van der Waals surface area contributed by atoms with E-state index in [1.807, 2.05) is 25.2 Å². The fourth-order valence-electron chi connectivity index (χ4n) is 1.93. The monoisotopic (exact) mass is 304 g/mol. The molecular weight excluding hydrogens is 284 g/mol. The first kappa shape index (κ1) is 15.6. The van der Waals surface area contributed by atoms with Gasteiger partial charge in [0.1, 0.15) is 10.7 Å². The second-order valence-corrected chi connectivity index (χ2v) is 5.75. The topological polar surface area (TPSA) is 71.2 Å². The summed E-state index contributed by atoms with van der Waals surface area (Å²) in [6, 6.07) is 10.3. The highest BCUT2D eigenvalue weighted by Crippen LogP contribution is 2.08. The Kier molecular flexibility index (Phi) is 5.86. The maximum absolute atomic E-state index is 11.9. The quantitative estimate of drug-likeness (QED) is 0.812. The van der Waals surface area contributed by atoms with Crippen LogP contribution in [0.25, 0.3) is 0 Å². The van der Waals surface area contributed by atoms with Crippen LogP contribution in [0.3, 0.4) is 0 Å². The van der Waals surface area contributed by atoms with E-state index in [0.29, 0.717) is 18.8 Å². The smallest absolute Gasteiger partial charge is 0.270 e. The van der Waals surface area contributed by atoms with Crippen LogP contribution < -0.4 is 11.1 Å². The average molecular weight is 304 g/mol. The molecule has 1 amide bonds. The number of nitrogens with one attached hydrogen (secondary N) is 1. The molecule has 6 heteroatoms. The van der Waals surface area contributed by atoms with E-state index in [2.05, 4.69) is 27.3 Å². The fraction of sp³-hybridized carbons (Fsp3) is 0.333. The van der Waals surface area contributed by atoms with Crippen molar-refractivity contribution in [3.8, 4) is 0 Å². The van der Waals surface area contributed by atoms with Crippen LogP contribution in [0.4, 0.5) is 0 Å². The third kappa shape index (κ3) is 4.93. The van der Waals surface area contributed by atoms with Gasteiger partial charge >= 0.3 is 0 Å². The number of rotatable bonds is 7. The van der Waals surface area contributed by atoms with E-state index in [9.17, 15) is 4.79 Å². The van der Waals surface area contributed by atoms with Crippen molar-refractivity contribution in [3.05, 3.63) is 52.0 Å². The molecular formula is C15H20N4OS. The molecule has 1 aromatic heterocycles. The molecule has 0 unspecified atom stereocenters. The number of amides is 1. The summed E-state index contributed by atoms with van der Waals surface area (Å²) in [6.45, 7) is 2.62. The van der Waals surface area contributed by atoms with Crippen LogP contribution in [0.5, 0.6) is 0 Å². The van der Waals surface area contributed by atoms with Crippen molar-refractivity contribution in [1.82, 2.24) is 15.2 Å². The summed E-state index contributed by atoms with van der Waals surface area (Å²) >= 11 is 1.41. The summed E-state index contributed by atoms with van der Waals surface area (Å²) in [5.41, 5.74) is 7.20. The van der Waals surface area contributed by atoms with E-state index >= 15 is 0 Å². The van der Waals surface area contributed by atoms with E-state index in [4.69, 9.17) is 5.73 Å². The Hall–Kier alpha value is -1.76. The molecule has 5 nitrogen and oxygen atoms in total. The molecule has 0 bridgehead atoms. The molecule has 0 radical (unpaired) electrons. The van der Waals surface area contributed by atoms with Gasteiger partial charge in [-0.25, -0.2) is 4.98 Å². The second kappa shape index (κ2) is 7.87. The Labute approximate surface area is 128 Å². The number of carbonyl (C=O) groups excluding carboxylic acids is 1. The number of nitrogens with zero attached hydrogens (tertiary/aromatic N) is 2. The Morgan fingerprint density at radius 3 is 2.81 bits per heavy atom. The molecule has 0 spiro atoms. The third-order valence-electron chi connectivity index (χ3n) is 3.03. The van der Waals surface area contributed by atoms with Crippen molar-refractivity contribution in [2.75, 3.05) is 20.1 Å². The summed E-state index contributed by atoms with van der Waals surface area (Å²) in [7, 11) is 2.04. The van der Waals surface area contributed by atoms with E-state index < -0.39 is 0 Å². The number of benzene rings is 1. The Balaban J connectivity index is 1.72. The van der Waals surface area contributed by atoms with Gasteiger partial charge in [-0.15, -0.1) is 11.3 Å². The first-order valence-corrected chi connectivity index (χ1v) is 7.72. The van der Waals surface area contributed by atoms with Gasteiger partial charge < -0.3 is 16.0 Å². The van der Waals surface area contributed by atoms with Crippen molar-refractivity contribution >= 4 is 17.2 Å². The lowest BCUT2D eigenvalue weighted by Crippen LogP contribution is -2.32. The molecule has 21 heavy (non-hydrogen) atoms. The third-order valence-corrected chi connectivity index (χ3v) is 3.90. The molecule has 0 atom stereocenters. The zero-order valence-electron chi connectivity index (χ0n) is 12.1. The zero-order chi connectivity index (χ0) is 15.1. The van der Waals surface area contributed by atoms with E-state index in [1.165, 1.54) is 16.9 Å². The van der Waals surface area contributed by atoms with Crippen LogP contribution in [-0.4, -0.2) is 35.9 Å². The van der Waals surface area contributed by atoms with Crippen LogP contribution in [0, 0.1) is 0 Å². The minimum atomic E-state index is -0.140. The van der Waals surface area contributed by atoms with Crippen molar-refractivity contribution in [2.45, 2.75) is 13.1 Å². The minimum Gasteiger partial charge on any atom is -0.349 e. The van der Waals surface area contributed by atoms with Crippen LogP contribution in [0.1, 0.15) is 21.1 Å². The summed E-state index contributed by atoms with van der Waals surface area (Å²) in [5, 5.41) is 5.40. The molecule has 0 saturated carbocycles. The molecule has 2 aromatic rings. The molecule has 0 aliphatic heterocycles. The van der Waals surface area contributed by atoms with Gasteiger partial charge in [0.25, 0.3) is 5.91 Å². The molecule has 0 fully saturated rings. The summed E-state index contributed by atoms with van der Waals surface area (Å²) in [5.74, 6) is -0.140. The molecule has 112 valence electrons. The van der Waals surface area contributed by atoms with Crippen LogP contribution in [0.15, 0.2) is 35.7 Å². The van der Waals surface area contributed by atoms with Crippen molar-refractivity contribution in [3.63, 3.8) is 0 Å². The Morgan fingerprint density at radius 2 is 2.14 bits per heavy atom. The van der Waals surface area contributed by atoms with E-state index in [0.717, 1.165) is 18.1 Å². The van der Waals surface area contributed by atoms with Gasteiger partial charge in [-0.1, -0.05) is 30.3 Å². The number of nitrogens with two attached hydrogens (primary N) is 1. The van der Waals surface area contributed by atoms with Crippen molar-refractivity contribution in [1.29, 1.82) is 0 Å². The normalized spacial score (nSPS) is 10.8. The highest BCUT2D eigenvalue weighted by atomic mass is 32.1. The minimum absolute atomic E-state index is 0.140. The molecule has 0 saturated heterocycles. The predicted molar refractivity (Wildman–Crippen MR) is 85.1 cm³/mol. The van der Waals surface area contributed by atoms with E-state index in [-0.39, 0.29) is 5.91 Å². The lowest BCUT2D eigenvalue weighted by molar-refractivity contribution is 0.0945. The number of carbonyl (C=O) groups is 1. The zero-order valence-corrected chi connectivity index (χ0v) is 12.9. The standard InChI is InChI=1S/C15H20N4OS/c1-19(10-12-5-3-2-4-6-12)8-7-17-15(20)13-11-21-14(9-16)18-13/h2-6,11H,7-10,16H2,1H3,(H,17,20). The number of aromatic nitrogens is 1. The number of hydrogen-bond acceptors (Lipinski definition) is 5.